The highest BCUT2D eigenvalue weighted by Gasteiger charge is 2.17. The van der Waals surface area contributed by atoms with Gasteiger partial charge in [0.1, 0.15) is 0 Å². The van der Waals surface area contributed by atoms with E-state index in [1.807, 2.05) is 6.92 Å². The molecule has 0 unspecified atom stereocenters. The zero-order valence-electron chi connectivity index (χ0n) is 13.7. The Hall–Kier alpha value is -1.78. The number of hydrogen-bond donors (Lipinski definition) is 3. The molecule has 0 saturated carbocycles. The Labute approximate surface area is 156 Å². The third kappa shape index (κ3) is 4.65. The summed E-state index contributed by atoms with van der Waals surface area (Å²) in [5, 5.41) is 10.8. The number of aromatic nitrogens is 4. The fraction of sp³-hybridized carbons (Fsp3) is 0.333. The fourth-order valence-corrected chi connectivity index (χ4v) is 5.14. The number of thioether (sulfide) groups is 2. The Morgan fingerprint density at radius 2 is 2.04 bits per heavy atom. The van der Waals surface area contributed by atoms with Crippen molar-refractivity contribution in [1.82, 2.24) is 20.2 Å². The monoisotopic (exact) mass is 395 g/mol. The summed E-state index contributed by atoms with van der Waals surface area (Å²) in [6.07, 6.45) is 1.09. The predicted octanol–water partition coefficient (Wildman–Crippen LogP) is 3.33. The van der Waals surface area contributed by atoms with Gasteiger partial charge in [-0.1, -0.05) is 41.8 Å². The number of H-pyrrole nitrogens is 2. The molecule has 0 radical (unpaired) electrons. The summed E-state index contributed by atoms with van der Waals surface area (Å²) in [4.78, 5) is 29.0. The van der Waals surface area contributed by atoms with Gasteiger partial charge in [0, 0.05) is 11.4 Å². The van der Waals surface area contributed by atoms with Crippen LogP contribution in [0.5, 0.6) is 0 Å². The molecule has 7 nitrogen and oxygen atoms in total. The van der Waals surface area contributed by atoms with Crippen LogP contribution < -0.4 is 11.0 Å². The van der Waals surface area contributed by atoms with Crippen LogP contribution in [0.1, 0.15) is 20.3 Å². The number of hydrogen-bond acceptors (Lipinski definition) is 7. The number of carbonyl (C=O) groups excluding carboxylic acids is 1. The lowest BCUT2D eigenvalue weighted by Gasteiger charge is -2.10. The van der Waals surface area contributed by atoms with E-state index in [2.05, 4.69) is 32.4 Å². The van der Waals surface area contributed by atoms with Crippen molar-refractivity contribution < 1.29 is 4.79 Å². The molecule has 1 amide bonds. The lowest BCUT2D eigenvalue weighted by Crippen LogP contribution is -2.22. The average molecular weight is 396 g/mol. The topological polar surface area (TPSA) is 104 Å². The van der Waals surface area contributed by atoms with Gasteiger partial charge in [0.25, 0.3) is 0 Å². The van der Waals surface area contributed by atoms with Crippen molar-refractivity contribution >= 4 is 57.5 Å². The van der Waals surface area contributed by atoms with Gasteiger partial charge in [-0.2, -0.15) is 0 Å². The number of aromatic amines is 2. The highest BCUT2D eigenvalue weighted by molar-refractivity contribution is 8.03. The van der Waals surface area contributed by atoms with E-state index in [4.69, 9.17) is 0 Å². The number of imidazole rings is 1. The molecule has 0 fully saturated rings. The number of carbonyl (C=O) groups is 1. The number of nitrogens with one attached hydrogen (secondary N) is 3. The molecular weight excluding hydrogens is 378 g/mol. The van der Waals surface area contributed by atoms with Gasteiger partial charge in [-0.25, -0.2) is 4.79 Å². The number of rotatable bonds is 7. The van der Waals surface area contributed by atoms with Crippen LogP contribution in [0.3, 0.4) is 0 Å². The summed E-state index contributed by atoms with van der Waals surface area (Å²) in [5.41, 5.74) is 1.73. The van der Waals surface area contributed by atoms with Crippen LogP contribution in [0.15, 0.2) is 31.7 Å². The molecule has 3 aromatic rings. The molecule has 3 N–H and O–H groups in total. The Morgan fingerprint density at radius 3 is 2.84 bits per heavy atom. The Morgan fingerprint density at radius 1 is 1.28 bits per heavy atom. The minimum Gasteiger partial charge on any atom is -0.325 e. The van der Waals surface area contributed by atoms with Crippen LogP contribution in [0.25, 0.3) is 11.0 Å². The minimum absolute atomic E-state index is 0.125. The summed E-state index contributed by atoms with van der Waals surface area (Å²) in [6.45, 7) is 3.95. The first-order chi connectivity index (χ1) is 12.0. The van der Waals surface area contributed by atoms with E-state index in [9.17, 15) is 9.59 Å². The molecule has 25 heavy (non-hydrogen) atoms. The third-order valence-corrected chi connectivity index (χ3v) is 6.69. The number of nitrogens with zero attached hydrogens (tertiary/aromatic N) is 2. The third-order valence-electron chi connectivity index (χ3n) is 3.25. The van der Waals surface area contributed by atoms with Gasteiger partial charge in [0.15, 0.2) is 8.68 Å². The number of amides is 1. The summed E-state index contributed by atoms with van der Waals surface area (Å²) in [7, 11) is 0. The first kappa shape index (κ1) is 18.0. The molecule has 1 aromatic carbocycles. The highest BCUT2D eigenvalue weighted by atomic mass is 32.2. The van der Waals surface area contributed by atoms with Crippen molar-refractivity contribution in [2.24, 2.45) is 0 Å². The highest BCUT2D eigenvalue weighted by Crippen LogP contribution is 2.31. The molecule has 2 aromatic heterocycles. The molecule has 1 atom stereocenters. The van der Waals surface area contributed by atoms with Crippen molar-refractivity contribution in [1.29, 1.82) is 0 Å². The molecule has 3 rings (SSSR count). The second kappa shape index (κ2) is 8.07. The van der Waals surface area contributed by atoms with Crippen LogP contribution >= 0.6 is 34.9 Å². The van der Waals surface area contributed by atoms with E-state index < -0.39 is 0 Å². The van der Waals surface area contributed by atoms with Gasteiger partial charge in [0.05, 0.1) is 16.3 Å². The number of fused-ring (bicyclic) bond motifs is 1. The molecule has 132 valence electrons. The lowest BCUT2D eigenvalue weighted by atomic mass is 10.2. The standard InChI is InChI=1S/C15H17N5O2S3/c1-3-6-23-14-19-20-15(25-14)24-8(2)12(21)16-9-4-5-10-11(7-9)18-13(22)17-10/h4-5,7-8H,3,6H2,1-2H3,(H,16,21)(H2,17,18,22)/t8-/m0/s1. The van der Waals surface area contributed by atoms with Gasteiger partial charge in [-0.15, -0.1) is 10.2 Å². The van der Waals surface area contributed by atoms with Crippen LogP contribution in [0.2, 0.25) is 0 Å². The van der Waals surface area contributed by atoms with Crippen LogP contribution in [0, 0.1) is 0 Å². The van der Waals surface area contributed by atoms with Crippen LogP contribution in [0.4, 0.5) is 5.69 Å². The van der Waals surface area contributed by atoms with Gasteiger partial charge >= 0.3 is 5.69 Å². The van der Waals surface area contributed by atoms with Gasteiger partial charge in [-0.05, 0) is 31.5 Å². The fourth-order valence-electron chi connectivity index (χ4n) is 2.05. The van der Waals surface area contributed by atoms with Crippen molar-refractivity contribution in [3.05, 3.63) is 28.7 Å². The molecule has 10 heteroatoms. The zero-order valence-corrected chi connectivity index (χ0v) is 16.1. The van der Waals surface area contributed by atoms with Crippen molar-refractivity contribution in [2.45, 2.75) is 34.2 Å². The second-order valence-corrected chi connectivity index (χ2v) is 9.18. The molecule has 0 spiro atoms. The van der Waals surface area contributed by atoms with E-state index >= 15 is 0 Å². The lowest BCUT2D eigenvalue weighted by molar-refractivity contribution is -0.115. The van der Waals surface area contributed by atoms with E-state index in [1.54, 1.807) is 30.0 Å². The molecule has 0 saturated heterocycles. The largest absolute Gasteiger partial charge is 0.325 e. The maximum atomic E-state index is 12.4. The van der Waals surface area contributed by atoms with Gasteiger partial charge < -0.3 is 15.3 Å². The van der Waals surface area contributed by atoms with E-state index in [-0.39, 0.29) is 16.8 Å². The molecule has 0 aliphatic carbocycles. The van der Waals surface area contributed by atoms with Gasteiger partial charge in [0.2, 0.25) is 5.91 Å². The van der Waals surface area contributed by atoms with E-state index in [0.717, 1.165) is 20.9 Å². The Kier molecular flexibility index (Phi) is 5.82. The van der Waals surface area contributed by atoms with Crippen molar-refractivity contribution in [3.63, 3.8) is 0 Å². The summed E-state index contributed by atoms with van der Waals surface area (Å²) in [6, 6.07) is 5.24. The SMILES string of the molecule is CCCSc1nnc(S[C@@H](C)C(=O)Nc2ccc3[nH]c(=O)[nH]c3c2)s1. The Bertz CT molecular complexity index is 933. The zero-order chi connectivity index (χ0) is 17.8. The molecule has 0 aliphatic heterocycles. The maximum absolute atomic E-state index is 12.4. The first-order valence-corrected chi connectivity index (χ1v) is 10.4. The summed E-state index contributed by atoms with van der Waals surface area (Å²) in [5.74, 6) is 0.888. The smallest absolute Gasteiger partial charge is 0.323 e. The van der Waals surface area contributed by atoms with Gasteiger partial charge in [-0.3, -0.25) is 4.79 Å². The average Bonchev–Trinajstić information content (AvgIpc) is 3.17. The Balaban J connectivity index is 1.61. The van der Waals surface area contributed by atoms with Crippen LogP contribution in [-0.2, 0) is 4.79 Å². The molecule has 0 bridgehead atoms. The quantitative estimate of drug-likeness (QED) is 0.530. The minimum atomic E-state index is -0.307. The molecule has 2 heterocycles. The van der Waals surface area contributed by atoms with E-state index in [0.29, 0.717) is 16.7 Å². The normalized spacial score (nSPS) is 12.4. The maximum Gasteiger partial charge on any atom is 0.323 e. The first-order valence-electron chi connectivity index (χ1n) is 7.71. The van der Waals surface area contributed by atoms with E-state index in [1.165, 1.54) is 23.1 Å². The van der Waals surface area contributed by atoms with Crippen LogP contribution in [-0.4, -0.2) is 37.1 Å². The second-order valence-electron chi connectivity index (χ2n) is 5.27. The summed E-state index contributed by atoms with van der Waals surface area (Å²) < 4.78 is 1.71. The predicted molar refractivity (Wildman–Crippen MR) is 104 cm³/mol. The van der Waals surface area contributed by atoms with Crippen molar-refractivity contribution in [3.8, 4) is 0 Å². The molecule has 0 aliphatic rings. The molecular formula is C15H17N5O2S3. The summed E-state index contributed by atoms with van der Waals surface area (Å²) >= 11 is 4.58. The van der Waals surface area contributed by atoms with Crippen molar-refractivity contribution in [2.75, 3.05) is 11.1 Å². The number of anilines is 1. The number of benzene rings is 1.